The Morgan fingerprint density at radius 1 is 1.40 bits per heavy atom. The third kappa shape index (κ3) is 5.48. The van der Waals surface area contributed by atoms with Gasteiger partial charge in [-0.15, -0.1) is 24.8 Å². The Bertz CT molecular complexity index is 455. The highest BCUT2D eigenvalue weighted by atomic mass is 79.9. The van der Waals surface area contributed by atoms with E-state index in [1.54, 1.807) is 0 Å². The van der Waals surface area contributed by atoms with Crippen LogP contribution < -0.4 is 16.4 Å². The van der Waals surface area contributed by atoms with E-state index in [1.807, 2.05) is 25.1 Å². The van der Waals surface area contributed by atoms with E-state index >= 15 is 0 Å². The molecule has 0 bridgehead atoms. The summed E-state index contributed by atoms with van der Waals surface area (Å²) in [6, 6.07) is 6.40. The summed E-state index contributed by atoms with van der Waals surface area (Å²) in [5.41, 5.74) is 7.28. The average molecular weight is 385 g/mol. The highest BCUT2D eigenvalue weighted by molar-refractivity contribution is 9.10. The van der Waals surface area contributed by atoms with Crippen LogP contribution >= 0.6 is 40.7 Å². The molecule has 20 heavy (non-hydrogen) atoms. The molecule has 7 heteroatoms. The maximum Gasteiger partial charge on any atom is 0.228 e. The molecule has 2 rings (SSSR count). The van der Waals surface area contributed by atoms with E-state index in [9.17, 15) is 4.79 Å². The molecule has 0 aliphatic heterocycles. The Morgan fingerprint density at radius 3 is 2.60 bits per heavy atom. The van der Waals surface area contributed by atoms with Crippen molar-refractivity contribution >= 4 is 58.0 Å². The van der Waals surface area contributed by atoms with Crippen LogP contribution in [-0.2, 0) is 4.79 Å². The van der Waals surface area contributed by atoms with Gasteiger partial charge in [0.05, 0.1) is 11.4 Å². The molecule has 1 aromatic rings. The number of anilines is 2. The molecule has 1 saturated carbocycles. The summed E-state index contributed by atoms with van der Waals surface area (Å²) in [5.74, 6) is -0.229. The first-order valence-electron chi connectivity index (χ1n) is 6.17. The van der Waals surface area contributed by atoms with Gasteiger partial charge in [0.25, 0.3) is 0 Å². The van der Waals surface area contributed by atoms with E-state index in [0.29, 0.717) is 12.6 Å². The fraction of sp³-hybridized carbons (Fsp3) is 0.462. The van der Waals surface area contributed by atoms with Crippen LogP contribution in [0.25, 0.3) is 0 Å². The second kappa shape index (κ2) is 8.72. The monoisotopic (exact) mass is 383 g/mol. The lowest BCUT2D eigenvalue weighted by atomic mass is 10.1. The van der Waals surface area contributed by atoms with Gasteiger partial charge in [-0.3, -0.25) is 4.79 Å². The highest BCUT2D eigenvalue weighted by Crippen LogP contribution is 2.31. The zero-order valence-corrected chi connectivity index (χ0v) is 14.4. The molecule has 0 heterocycles. The molecule has 1 aliphatic rings. The van der Waals surface area contributed by atoms with Gasteiger partial charge in [-0.25, -0.2) is 0 Å². The molecular formula is C13H20BrCl2N3O. The number of benzene rings is 1. The summed E-state index contributed by atoms with van der Waals surface area (Å²) in [6.07, 6.45) is 2.39. The van der Waals surface area contributed by atoms with Crippen LogP contribution in [0.4, 0.5) is 11.4 Å². The van der Waals surface area contributed by atoms with Crippen LogP contribution in [0.3, 0.4) is 0 Å². The van der Waals surface area contributed by atoms with Crippen LogP contribution in [-0.4, -0.2) is 18.5 Å². The summed E-state index contributed by atoms with van der Waals surface area (Å²) in [5, 5.41) is 6.33. The molecule has 1 amide bonds. The lowest BCUT2D eigenvalue weighted by Gasteiger charge is -2.15. The first-order valence-corrected chi connectivity index (χ1v) is 6.96. The minimum absolute atomic E-state index is 0. The number of amides is 1. The molecule has 0 radical (unpaired) electrons. The topological polar surface area (TPSA) is 67.2 Å². The zero-order chi connectivity index (χ0) is 13.1. The molecule has 0 spiro atoms. The largest absolute Gasteiger partial charge is 0.381 e. The predicted octanol–water partition coefficient (Wildman–Crippen LogP) is 3.40. The van der Waals surface area contributed by atoms with Gasteiger partial charge in [-0.05, 0) is 31.0 Å². The second-order valence-corrected chi connectivity index (χ2v) is 5.65. The number of nitrogens with one attached hydrogen (secondary N) is 2. The van der Waals surface area contributed by atoms with E-state index in [4.69, 9.17) is 5.73 Å². The van der Waals surface area contributed by atoms with E-state index in [-0.39, 0.29) is 36.6 Å². The van der Waals surface area contributed by atoms with Gasteiger partial charge in [0.15, 0.2) is 0 Å². The summed E-state index contributed by atoms with van der Waals surface area (Å²) in [6.45, 7) is 2.17. The maximum atomic E-state index is 11.9. The first kappa shape index (κ1) is 19.5. The van der Waals surface area contributed by atoms with Crippen LogP contribution in [0.15, 0.2) is 22.7 Å². The summed E-state index contributed by atoms with van der Waals surface area (Å²) in [7, 11) is 0. The van der Waals surface area contributed by atoms with Crippen molar-refractivity contribution in [1.29, 1.82) is 0 Å². The SMILES string of the molecule is CC(CN)C(=O)Nc1cc(Br)ccc1NC1CC1.Cl.Cl. The van der Waals surface area contributed by atoms with Crippen molar-refractivity contribution < 1.29 is 4.79 Å². The Morgan fingerprint density at radius 2 is 2.05 bits per heavy atom. The number of hydrogen-bond donors (Lipinski definition) is 3. The van der Waals surface area contributed by atoms with Crippen LogP contribution in [0.1, 0.15) is 19.8 Å². The van der Waals surface area contributed by atoms with Crippen molar-refractivity contribution in [3.63, 3.8) is 0 Å². The minimum Gasteiger partial charge on any atom is -0.381 e. The van der Waals surface area contributed by atoms with Crippen LogP contribution in [0, 0.1) is 5.92 Å². The summed E-state index contributed by atoms with van der Waals surface area (Å²) < 4.78 is 0.944. The highest BCUT2D eigenvalue weighted by Gasteiger charge is 2.22. The third-order valence-corrected chi connectivity index (χ3v) is 3.47. The zero-order valence-electron chi connectivity index (χ0n) is 11.2. The quantitative estimate of drug-likeness (QED) is 0.728. The Balaban J connectivity index is 0.00000180. The fourth-order valence-electron chi connectivity index (χ4n) is 1.56. The minimum atomic E-state index is -0.183. The molecule has 1 aromatic carbocycles. The normalized spacial score (nSPS) is 14.6. The van der Waals surface area contributed by atoms with Crippen molar-refractivity contribution in [2.24, 2.45) is 11.7 Å². The van der Waals surface area contributed by atoms with E-state index in [2.05, 4.69) is 26.6 Å². The fourth-order valence-corrected chi connectivity index (χ4v) is 1.92. The number of nitrogens with two attached hydrogens (primary N) is 1. The number of hydrogen-bond acceptors (Lipinski definition) is 3. The van der Waals surface area contributed by atoms with Crippen LogP contribution in [0.5, 0.6) is 0 Å². The van der Waals surface area contributed by atoms with Gasteiger partial charge in [0.2, 0.25) is 5.91 Å². The maximum absolute atomic E-state index is 11.9. The molecule has 114 valence electrons. The van der Waals surface area contributed by atoms with Gasteiger partial charge in [-0.1, -0.05) is 22.9 Å². The smallest absolute Gasteiger partial charge is 0.228 e. The Kier molecular flexibility index (Phi) is 8.51. The molecule has 4 nitrogen and oxygen atoms in total. The molecule has 1 atom stereocenters. The Labute approximate surface area is 140 Å². The number of carbonyl (C=O) groups excluding carboxylic acids is 1. The molecular weight excluding hydrogens is 365 g/mol. The molecule has 1 unspecified atom stereocenters. The first-order chi connectivity index (χ1) is 8.60. The van der Waals surface area contributed by atoms with E-state index < -0.39 is 0 Å². The summed E-state index contributed by atoms with van der Waals surface area (Å²) in [4.78, 5) is 11.9. The van der Waals surface area contributed by atoms with Crippen LogP contribution in [0.2, 0.25) is 0 Å². The number of halogens is 3. The van der Waals surface area contributed by atoms with E-state index in [0.717, 1.165) is 15.8 Å². The van der Waals surface area contributed by atoms with Crippen molar-refractivity contribution in [3.8, 4) is 0 Å². The van der Waals surface area contributed by atoms with E-state index in [1.165, 1.54) is 12.8 Å². The molecule has 4 N–H and O–H groups in total. The van der Waals surface area contributed by atoms with Crippen molar-refractivity contribution in [2.75, 3.05) is 17.2 Å². The number of rotatable bonds is 5. The molecule has 0 aromatic heterocycles. The summed E-state index contributed by atoms with van der Waals surface area (Å²) >= 11 is 3.42. The van der Waals surface area contributed by atoms with Crippen molar-refractivity contribution in [1.82, 2.24) is 0 Å². The molecule has 0 saturated heterocycles. The lowest BCUT2D eigenvalue weighted by Crippen LogP contribution is -2.27. The van der Waals surface area contributed by atoms with Gasteiger partial charge < -0.3 is 16.4 Å². The van der Waals surface area contributed by atoms with Gasteiger partial charge >= 0.3 is 0 Å². The molecule has 1 aliphatic carbocycles. The van der Waals surface area contributed by atoms with Gasteiger partial charge in [0, 0.05) is 23.0 Å². The molecule has 1 fully saturated rings. The van der Waals surface area contributed by atoms with Gasteiger partial charge in [0.1, 0.15) is 0 Å². The predicted molar refractivity (Wildman–Crippen MR) is 92.1 cm³/mol. The van der Waals surface area contributed by atoms with Crippen molar-refractivity contribution in [2.45, 2.75) is 25.8 Å². The van der Waals surface area contributed by atoms with Crippen molar-refractivity contribution in [3.05, 3.63) is 22.7 Å². The second-order valence-electron chi connectivity index (χ2n) is 4.73. The number of carbonyl (C=O) groups is 1. The average Bonchev–Trinajstić information content (AvgIpc) is 3.15. The third-order valence-electron chi connectivity index (χ3n) is 2.98. The standard InChI is InChI=1S/C13H18BrN3O.2ClH/c1-8(7-15)13(18)17-12-6-9(14)2-5-11(12)16-10-3-4-10;;/h2,5-6,8,10,16H,3-4,7,15H2,1H3,(H,17,18);2*1H. The Hall–Kier alpha value is -0.490. The lowest BCUT2D eigenvalue weighted by molar-refractivity contribution is -0.119. The van der Waals surface area contributed by atoms with Gasteiger partial charge in [-0.2, -0.15) is 0 Å².